The molecule has 4 fully saturated rings. The number of aliphatic hydroxyl groups excluding tert-OH is 1. The highest BCUT2D eigenvalue weighted by atomic mass is 32.2. The molecule has 4 aliphatic carbocycles. The Kier molecular flexibility index (Phi) is 4.62. The van der Waals surface area contributed by atoms with Crippen molar-refractivity contribution in [2.75, 3.05) is 6.26 Å². The minimum Gasteiger partial charge on any atom is -0.390 e. The fraction of sp³-hybridized carbons (Fsp3) is 0.750. The fourth-order valence-corrected chi connectivity index (χ4v) is 8.51. The summed E-state index contributed by atoms with van der Waals surface area (Å²) >= 11 is 1.04. The van der Waals surface area contributed by atoms with E-state index in [9.17, 15) is 14.7 Å². The van der Waals surface area contributed by atoms with Gasteiger partial charge in [-0.25, -0.2) is 8.78 Å². The number of aliphatic hydroxyl groups is 1. The molecule has 176 valence electrons. The average molecular weight is 469 g/mol. The highest BCUT2D eigenvalue weighted by molar-refractivity contribution is 8.13. The second-order valence-electron chi connectivity index (χ2n) is 10.9. The van der Waals surface area contributed by atoms with Crippen LogP contribution in [0.15, 0.2) is 23.8 Å². The first-order chi connectivity index (χ1) is 14.8. The zero-order valence-corrected chi connectivity index (χ0v) is 19.8. The molecule has 0 bridgehead atoms. The predicted molar refractivity (Wildman–Crippen MR) is 115 cm³/mol. The van der Waals surface area contributed by atoms with Crippen LogP contribution in [0.3, 0.4) is 0 Å². The van der Waals surface area contributed by atoms with E-state index in [2.05, 4.69) is 0 Å². The van der Waals surface area contributed by atoms with Gasteiger partial charge in [0, 0.05) is 16.7 Å². The van der Waals surface area contributed by atoms with Crippen molar-refractivity contribution in [2.45, 2.75) is 82.4 Å². The number of halogens is 2. The van der Waals surface area contributed by atoms with E-state index in [0.717, 1.165) is 11.8 Å². The van der Waals surface area contributed by atoms with Crippen LogP contribution in [0.2, 0.25) is 0 Å². The molecule has 5 nitrogen and oxygen atoms in total. The topological polar surface area (TPSA) is 72.8 Å². The second-order valence-corrected chi connectivity index (χ2v) is 11.7. The lowest BCUT2D eigenvalue weighted by Crippen LogP contribution is -2.70. The molecule has 1 saturated heterocycles. The molecular weight excluding hydrogens is 438 g/mol. The molecule has 9 atom stereocenters. The summed E-state index contributed by atoms with van der Waals surface area (Å²) in [4.78, 5) is 25.3. The van der Waals surface area contributed by atoms with Crippen molar-refractivity contribution in [3.8, 4) is 0 Å². The number of ketones is 1. The third kappa shape index (κ3) is 2.40. The van der Waals surface area contributed by atoms with Crippen molar-refractivity contribution in [3.05, 3.63) is 23.8 Å². The molecular formula is C24H30F2O5S. The van der Waals surface area contributed by atoms with Gasteiger partial charge in [-0.3, -0.25) is 9.59 Å². The Morgan fingerprint density at radius 1 is 1.22 bits per heavy atom. The van der Waals surface area contributed by atoms with Gasteiger partial charge in [0.1, 0.15) is 6.17 Å². The van der Waals surface area contributed by atoms with Gasteiger partial charge in [0.25, 0.3) is 0 Å². The van der Waals surface area contributed by atoms with E-state index in [0.29, 0.717) is 6.42 Å². The first kappa shape index (κ1) is 22.7. The Morgan fingerprint density at radius 3 is 2.56 bits per heavy atom. The fourth-order valence-electron chi connectivity index (χ4n) is 7.80. The van der Waals surface area contributed by atoms with Gasteiger partial charge >= 0.3 is 0 Å². The number of carbonyl (C=O) groups is 2. The van der Waals surface area contributed by atoms with E-state index in [1.165, 1.54) is 18.2 Å². The molecule has 0 unspecified atom stereocenters. The van der Waals surface area contributed by atoms with Gasteiger partial charge in [-0.1, -0.05) is 24.8 Å². The molecule has 0 aromatic heterocycles. The molecule has 1 heterocycles. The van der Waals surface area contributed by atoms with Gasteiger partial charge in [-0.15, -0.1) is 0 Å². The molecule has 0 aromatic carbocycles. The maximum absolute atomic E-state index is 17.2. The lowest BCUT2D eigenvalue weighted by Gasteiger charge is -2.63. The van der Waals surface area contributed by atoms with E-state index < -0.39 is 58.1 Å². The molecule has 5 rings (SSSR count). The SMILES string of the molecule is CSC(=O)[C@@]12OC(C)(C)O[C@@H]1C[C@H]1[C@@H]3C[C@H](F)C4=CC(=O)C=C[C@]4(C)[C@@]3(F)[C@@H](O)C[C@@]12C. The Bertz CT molecular complexity index is 964. The molecule has 1 N–H and O–H groups in total. The van der Waals surface area contributed by atoms with Crippen molar-refractivity contribution >= 4 is 22.7 Å². The number of allylic oxidation sites excluding steroid dienone is 4. The summed E-state index contributed by atoms with van der Waals surface area (Å²) in [7, 11) is 0. The lowest BCUT2D eigenvalue weighted by molar-refractivity contribution is -0.246. The Morgan fingerprint density at radius 2 is 1.91 bits per heavy atom. The number of rotatable bonds is 1. The maximum Gasteiger partial charge on any atom is 0.223 e. The minimum absolute atomic E-state index is 0.0193. The summed E-state index contributed by atoms with van der Waals surface area (Å²) in [5.74, 6) is -2.67. The van der Waals surface area contributed by atoms with Crippen LogP contribution in [0.5, 0.6) is 0 Å². The smallest absolute Gasteiger partial charge is 0.223 e. The normalized spacial score (nSPS) is 53.2. The largest absolute Gasteiger partial charge is 0.390 e. The molecule has 1 aliphatic heterocycles. The van der Waals surface area contributed by atoms with Gasteiger partial charge in [0.15, 0.2) is 22.8 Å². The van der Waals surface area contributed by atoms with Gasteiger partial charge < -0.3 is 14.6 Å². The summed E-state index contributed by atoms with van der Waals surface area (Å²) in [6, 6.07) is 0. The second kappa shape index (κ2) is 6.52. The number of ether oxygens (including phenoxy) is 2. The van der Waals surface area contributed by atoms with Gasteiger partial charge in [0.2, 0.25) is 5.12 Å². The van der Waals surface area contributed by atoms with Crippen molar-refractivity contribution in [2.24, 2.45) is 22.7 Å². The van der Waals surface area contributed by atoms with E-state index in [1.807, 2.05) is 6.92 Å². The molecule has 0 spiro atoms. The molecule has 3 saturated carbocycles. The average Bonchev–Trinajstić information content (AvgIpc) is 3.11. The van der Waals surface area contributed by atoms with Crippen LogP contribution in [0.25, 0.3) is 0 Å². The quantitative estimate of drug-likeness (QED) is 0.633. The monoisotopic (exact) mass is 468 g/mol. The van der Waals surface area contributed by atoms with Crippen molar-refractivity contribution < 1.29 is 33.0 Å². The van der Waals surface area contributed by atoms with Crippen LogP contribution < -0.4 is 0 Å². The third-order valence-corrected chi connectivity index (χ3v) is 9.78. The van der Waals surface area contributed by atoms with Crippen LogP contribution in [-0.4, -0.2) is 57.7 Å². The number of hydrogen-bond acceptors (Lipinski definition) is 6. The third-order valence-electron chi connectivity index (χ3n) is 9.11. The number of thioether (sulfide) groups is 1. The highest BCUT2D eigenvalue weighted by Gasteiger charge is 2.80. The van der Waals surface area contributed by atoms with Crippen molar-refractivity contribution in [3.63, 3.8) is 0 Å². The number of alkyl halides is 2. The first-order valence-corrected chi connectivity index (χ1v) is 12.4. The first-order valence-electron chi connectivity index (χ1n) is 11.2. The summed E-state index contributed by atoms with van der Waals surface area (Å²) in [5, 5.41) is 11.2. The zero-order valence-electron chi connectivity index (χ0n) is 19.0. The molecule has 0 amide bonds. The van der Waals surface area contributed by atoms with Crippen molar-refractivity contribution in [1.82, 2.24) is 0 Å². The highest BCUT2D eigenvalue weighted by Crippen LogP contribution is 2.72. The summed E-state index contributed by atoms with van der Waals surface area (Å²) < 4.78 is 45.2. The number of fused-ring (bicyclic) bond motifs is 7. The van der Waals surface area contributed by atoms with Crippen LogP contribution in [-0.2, 0) is 19.1 Å². The molecule has 5 aliphatic rings. The number of hydrogen-bond donors (Lipinski definition) is 1. The predicted octanol–water partition coefficient (Wildman–Crippen LogP) is 3.70. The van der Waals surface area contributed by atoms with Crippen LogP contribution >= 0.6 is 11.8 Å². The van der Waals surface area contributed by atoms with Gasteiger partial charge in [-0.05, 0) is 69.9 Å². The Hall–Kier alpha value is -1.09. The van der Waals surface area contributed by atoms with Crippen molar-refractivity contribution in [1.29, 1.82) is 0 Å². The standard InChI is InChI=1S/C24H30F2O5S/c1-20(2)30-18-10-13-14-9-16(25)15-8-12(27)6-7-21(15,3)23(14,26)17(28)11-22(13,4)24(18,31-20)19(29)32-5/h6-8,13-14,16-18,28H,9-11H2,1-5H3/t13-,14-,16-,17-,18+,21-,22-,23-,24-/m0/s1. The molecule has 32 heavy (non-hydrogen) atoms. The zero-order chi connectivity index (χ0) is 23.5. The van der Waals surface area contributed by atoms with E-state index in [-0.39, 0.29) is 29.3 Å². The van der Waals surface area contributed by atoms with Gasteiger partial charge in [0.05, 0.1) is 12.2 Å². The summed E-state index contributed by atoms with van der Waals surface area (Å²) in [6.07, 6.45) is 2.13. The van der Waals surface area contributed by atoms with E-state index in [4.69, 9.17) is 9.47 Å². The van der Waals surface area contributed by atoms with E-state index in [1.54, 1.807) is 27.0 Å². The van der Waals surface area contributed by atoms with Crippen LogP contribution in [0.4, 0.5) is 8.78 Å². The minimum atomic E-state index is -2.18. The summed E-state index contributed by atoms with van der Waals surface area (Å²) in [5.41, 5.74) is -5.81. The maximum atomic E-state index is 17.2. The molecule has 0 radical (unpaired) electrons. The number of carbonyl (C=O) groups excluding carboxylic acids is 2. The summed E-state index contributed by atoms with van der Waals surface area (Å²) in [6.45, 7) is 6.93. The van der Waals surface area contributed by atoms with Crippen LogP contribution in [0, 0.1) is 22.7 Å². The van der Waals surface area contributed by atoms with E-state index >= 15 is 8.78 Å². The Labute approximate surface area is 191 Å². The molecule has 8 heteroatoms. The van der Waals surface area contributed by atoms with Crippen LogP contribution in [0.1, 0.15) is 47.0 Å². The lowest BCUT2D eigenvalue weighted by atomic mass is 9.44. The molecule has 0 aromatic rings. The Balaban J connectivity index is 1.66. The van der Waals surface area contributed by atoms with Gasteiger partial charge in [-0.2, -0.15) is 0 Å².